The van der Waals surface area contributed by atoms with Crippen LogP contribution in [-0.4, -0.2) is 53.6 Å². The standard InChI is InChI=1S/C20H21N5O3/c1-14-7-9-15(10-8-14)21-17(26)13-25-19(28)18(27)24-12-11-23(20(24)22-25)16-5-3-2-4-6-16/h2-10,20,22H,11-13H2,1H3,(H,21,26). The third-order valence-electron chi connectivity index (χ3n) is 4.86. The van der Waals surface area contributed by atoms with E-state index in [1.165, 1.54) is 4.90 Å². The summed E-state index contributed by atoms with van der Waals surface area (Å²) < 4.78 is 0. The molecule has 2 aromatic carbocycles. The molecular formula is C20H21N5O3. The smallest absolute Gasteiger partial charge is 0.326 e. The van der Waals surface area contributed by atoms with Crippen molar-refractivity contribution < 1.29 is 14.4 Å². The van der Waals surface area contributed by atoms with Gasteiger partial charge in [0, 0.05) is 24.5 Å². The predicted molar refractivity (Wildman–Crippen MR) is 104 cm³/mol. The Bertz CT molecular complexity index is 900. The van der Waals surface area contributed by atoms with Crippen molar-refractivity contribution in [1.82, 2.24) is 15.3 Å². The molecule has 0 radical (unpaired) electrons. The first-order valence-electron chi connectivity index (χ1n) is 9.10. The molecule has 8 nitrogen and oxygen atoms in total. The number of benzene rings is 2. The van der Waals surface area contributed by atoms with Crippen molar-refractivity contribution in [1.29, 1.82) is 0 Å². The van der Waals surface area contributed by atoms with Gasteiger partial charge in [0.1, 0.15) is 6.54 Å². The Kier molecular flexibility index (Phi) is 4.70. The van der Waals surface area contributed by atoms with Gasteiger partial charge in [-0.2, -0.15) is 5.43 Å². The molecule has 0 spiro atoms. The Labute approximate surface area is 162 Å². The number of para-hydroxylation sites is 1. The van der Waals surface area contributed by atoms with E-state index in [1.807, 2.05) is 54.3 Å². The van der Waals surface area contributed by atoms with Crippen LogP contribution in [0.15, 0.2) is 54.6 Å². The van der Waals surface area contributed by atoms with Gasteiger partial charge in [0.05, 0.1) is 0 Å². The second-order valence-electron chi connectivity index (χ2n) is 6.84. The molecule has 2 aromatic rings. The van der Waals surface area contributed by atoms with E-state index in [4.69, 9.17) is 0 Å². The van der Waals surface area contributed by atoms with Gasteiger partial charge in [-0.3, -0.25) is 24.3 Å². The summed E-state index contributed by atoms with van der Waals surface area (Å²) in [5.74, 6) is -1.72. The van der Waals surface area contributed by atoms with E-state index in [9.17, 15) is 14.4 Å². The molecule has 0 aromatic heterocycles. The summed E-state index contributed by atoms with van der Waals surface area (Å²) >= 11 is 0. The molecule has 2 N–H and O–H groups in total. The van der Waals surface area contributed by atoms with Gasteiger partial charge in [0.2, 0.25) is 5.91 Å². The van der Waals surface area contributed by atoms with E-state index in [-0.39, 0.29) is 12.5 Å². The van der Waals surface area contributed by atoms with Crippen LogP contribution in [0.25, 0.3) is 0 Å². The zero-order valence-electron chi connectivity index (χ0n) is 15.5. The van der Waals surface area contributed by atoms with E-state index in [2.05, 4.69) is 10.7 Å². The summed E-state index contributed by atoms with van der Waals surface area (Å²) in [6, 6.07) is 17.0. The number of fused-ring (bicyclic) bond motifs is 1. The van der Waals surface area contributed by atoms with Crippen molar-refractivity contribution in [2.24, 2.45) is 0 Å². The lowest BCUT2D eigenvalue weighted by Gasteiger charge is -2.40. The molecule has 3 amide bonds. The topological polar surface area (TPSA) is 85.0 Å². The van der Waals surface area contributed by atoms with Gasteiger partial charge in [-0.1, -0.05) is 35.9 Å². The molecule has 144 valence electrons. The maximum Gasteiger partial charge on any atom is 0.326 e. The van der Waals surface area contributed by atoms with E-state index < -0.39 is 18.1 Å². The van der Waals surface area contributed by atoms with Crippen molar-refractivity contribution in [3.05, 3.63) is 60.2 Å². The van der Waals surface area contributed by atoms with Gasteiger partial charge in [-0.15, -0.1) is 0 Å². The first kappa shape index (κ1) is 18.0. The number of hydrogen-bond acceptors (Lipinski definition) is 5. The van der Waals surface area contributed by atoms with Crippen LogP contribution in [0, 0.1) is 6.92 Å². The second kappa shape index (κ2) is 7.32. The molecule has 2 heterocycles. The Morgan fingerprint density at radius 1 is 1.00 bits per heavy atom. The van der Waals surface area contributed by atoms with Gasteiger partial charge >= 0.3 is 11.8 Å². The lowest BCUT2D eigenvalue weighted by Crippen LogP contribution is -2.68. The fraction of sp³-hybridized carbons (Fsp3) is 0.250. The monoisotopic (exact) mass is 379 g/mol. The van der Waals surface area contributed by atoms with Crippen LogP contribution in [0.1, 0.15) is 5.56 Å². The third-order valence-corrected chi connectivity index (χ3v) is 4.86. The van der Waals surface area contributed by atoms with Crippen molar-refractivity contribution >= 4 is 29.1 Å². The highest BCUT2D eigenvalue weighted by Crippen LogP contribution is 2.24. The molecule has 2 saturated heterocycles. The number of nitrogens with zero attached hydrogens (tertiary/aromatic N) is 3. The van der Waals surface area contributed by atoms with Crippen molar-refractivity contribution in [3.63, 3.8) is 0 Å². The zero-order valence-corrected chi connectivity index (χ0v) is 15.5. The number of aryl methyl sites for hydroxylation is 1. The average Bonchev–Trinajstić information content (AvgIpc) is 3.12. The zero-order chi connectivity index (χ0) is 19.7. The Hall–Kier alpha value is -3.39. The first-order chi connectivity index (χ1) is 13.5. The third kappa shape index (κ3) is 3.41. The average molecular weight is 379 g/mol. The highest BCUT2D eigenvalue weighted by molar-refractivity contribution is 6.35. The summed E-state index contributed by atoms with van der Waals surface area (Å²) in [5.41, 5.74) is 5.68. The molecule has 1 unspecified atom stereocenters. The molecule has 1 atom stereocenters. The normalized spacial score (nSPS) is 19.0. The summed E-state index contributed by atoms with van der Waals surface area (Å²) in [6.45, 7) is 2.75. The molecule has 0 bridgehead atoms. The Morgan fingerprint density at radius 3 is 2.39 bits per heavy atom. The van der Waals surface area contributed by atoms with E-state index in [0.717, 1.165) is 16.3 Å². The van der Waals surface area contributed by atoms with Crippen LogP contribution in [0.5, 0.6) is 0 Å². The van der Waals surface area contributed by atoms with Crippen LogP contribution in [0.3, 0.4) is 0 Å². The van der Waals surface area contributed by atoms with Crippen LogP contribution < -0.4 is 15.6 Å². The van der Waals surface area contributed by atoms with Crippen molar-refractivity contribution in [2.75, 3.05) is 29.9 Å². The van der Waals surface area contributed by atoms with Crippen molar-refractivity contribution in [2.45, 2.75) is 13.2 Å². The quantitative estimate of drug-likeness (QED) is 0.772. The van der Waals surface area contributed by atoms with Crippen LogP contribution in [0.2, 0.25) is 0 Å². The molecule has 28 heavy (non-hydrogen) atoms. The minimum atomic E-state index is -0.731. The highest BCUT2D eigenvalue weighted by atomic mass is 16.2. The summed E-state index contributed by atoms with van der Waals surface area (Å²) in [5, 5.41) is 3.83. The van der Waals surface area contributed by atoms with Gasteiger partial charge in [-0.05, 0) is 31.2 Å². The number of hydrogen-bond donors (Lipinski definition) is 2. The molecule has 2 aliphatic rings. The number of amides is 3. The van der Waals surface area contributed by atoms with Crippen LogP contribution >= 0.6 is 0 Å². The summed E-state index contributed by atoms with van der Waals surface area (Å²) in [6.07, 6.45) is -0.500. The minimum absolute atomic E-state index is 0.259. The summed E-state index contributed by atoms with van der Waals surface area (Å²) in [7, 11) is 0. The number of hydrazine groups is 1. The molecule has 2 aliphatic heterocycles. The maximum atomic E-state index is 12.5. The van der Waals surface area contributed by atoms with Gasteiger partial charge < -0.3 is 10.2 Å². The first-order valence-corrected chi connectivity index (χ1v) is 9.10. The number of carbonyl (C=O) groups is 3. The Balaban J connectivity index is 1.47. The minimum Gasteiger partial charge on any atom is -0.336 e. The second-order valence-corrected chi connectivity index (χ2v) is 6.84. The molecule has 2 fully saturated rings. The van der Waals surface area contributed by atoms with Gasteiger partial charge in [0.25, 0.3) is 0 Å². The lowest BCUT2D eigenvalue weighted by molar-refractivity contribution is -0.163. The van der Waals surface area contributed by atoms with E-state index in [1.54, 1.807) is 12.1 Å². The number of anilines is 2. The maximum absolute atomic E-state index is 12.5. The van der Waals surface area contributed by atoms with E-state index >= 15 is 0 Å². The predicted octanol–water partition coefficient (Wildman–Crippen LogP) is 0.913. The molecule has 0 aliphatic carbocycles. The van der Waals surface area contributed by atoms with E-state index in [0.29, 0.717) is 18.8 Å². The fourth-order valence-corrected chi connectivity index (χ4v) is 3.40. The number of nitrogens with one attached hydrogen (secondary N) is 2. The molecule has 8 heteroatoms. The molecule has 0 saturated carbocycles. The Morgan fingerprint density at radius 2 is 1.68 bits per heavy atom. The van der Waals surface area contributed by atoms with Crippen LogP contribution in [-0.2, 0) is 14.4 Å². The number of rotatable bonds is 4. The van der Waals surface area contributed by atoms with Crippen molar-refractivity contribution in [3.8, 4) is 0 Å². The highest BCUT2D eigenvalue weighted by Gasteiger charge is 2.45. The largest absolute Gasteiger partial charge is 0.336 e. The summed E-state index contributed by atoms with van der Waals surface area (Å²) in [4.78, 5) is 40.8. The SMILES string of the molecule is Cc1ccc(NC(=O)CN2NC3N(CCN3c3ccccc3)C(=O)C2=O)cc1. The number of carbonyl (C=O) groups excluding carboxylic acids is 3. The van der Waals surface area contributed by atoms with Gasteiger partial charge in [-0.25, -0.2) is 0 Å². The molecular weight excluding hydrogens is 358 g/mol. The fourth-order valence-electron chi connectivity index (χ4n) is 3.40. The molecule has 4 rings (SSSR count). The van der Waals surface area contributed by atoms with Gasteiger partial charge in [0.15, 0.2) is 6.29 Å². The van der Waals surface area contributed by atoms with Crippen LogP contribution in [0.4, 0.5) is 11.4 Å². The lowest BCUT2D eigenvalue weighted by atomic mass is 10.2.